The van der Waals surface area contributed by atoms with Crippen molar-refractivity contribution in [1.82, 2.24) is 10.2 Å². The topological polar surface area (TPSA) is 153 Å². The number of hydrogen-bond acceptors (Lipinski definition) is 8. The molecule has 0 aliphatic carbocycles. The Balaban J connectivity index is 1.44. The Morgan fingerprint density at radius 1 is 1.21 bits per heavy atom. The van der Waals surface area contributed by atoms with E-state index in [1.165, 1.54) is 23.5 Å². The van der Waals surface area contributed by atoms with Gasteiger partial charge < -0.3 is 19.5 Å². The fraction of sp³-hybridized carbons (Fsp3) is 0.320. The zero-order chi connectivity index (χ0) is 27.2. The second-order valence-corrected chi connectivity index (χ2v) is 9.50. The van der Waals surface area contributed by atoms with Gasteiger partial charge in [0.25, 0.3) is 11.8 Å². The van der Waals surface area contributed by atoms with Gasteiger partial charge in [-0.3, -0.25) is 20.3 Å². The molecule has 2 aliphatic rings. The van der Waals surface area contributed by atoms with Gasteiger partial charge in [0.05, 0.1) is 15.7 Å². The Labute approximate surface area is 227 Å². The molecule has 1 fully saturated rings. The highest BCUT2D eigenvalue weighted by atomic mass is 35.5. The van der Waals surface area contributed by atoms with Crippen LogP contribution >= 0.6 is 23.2 Å². The molecule has 0 bridgehead atoms. The van der Waals surface area contributed by atoms with Crippen LogP contribution in [-0.2, 0) is 16.0 Å². The molecule has 2 aromatic carbocycles. The number of nitrogens with zero attached hydrogens (tertiary/aromatic N) is 3. The summed E-state index contributed by atoms with van der Waals surface area (Å²) in [6.45, 7) is 2.84. The van der Waals surface area contributed by atoms with E-state index in [4.69, 9.17) is 43.0 Å². The van der Waals surface area contributed by atoms with Crippen LogP contribution in [0.3, 0.4) is 0 Å². The minimum atomic E-state index is -1.62. The smallest absolute Gasteiger partial charge is 0.411 e. The summed E-state index contributed by atoms with van der Waals surface area (Å²) < 4.78 is 11.3. The summed E-state index contributed by atoms with van der Waals surface area (Å²) in [5.74, 6) is -0.116. The van der Waals surface area contributed by atoms with Crippen molar-refractivity contribution in [2.24, 2.45) is 11.0 Å². The van der Waals surface area contributed by atoms with E-state index in [2.05, 4.69) is 10.5 Å². The summed E-state index contributed by atoms with van der Waals surface area (Å²) in [6, 6.07) is 9.52. The first-order valence-electron chi connectivity index (χ1n) is 11.7. The van der Waals surface area contributed by atoms with Crippen molar-refractivity contribution in [3.8, 4) is 17.6 Å². The number of carbonyl (C=O) groups excluding carboxylic acids is 2. The zero-order valence-electron chi connectivity index (χ0n) is 20.0. The van der Waals surface area contributed by atoms with Gasteiger partial charge in [0, 0.05) is 31.9 Å². The van der Waals surface area contributed by atoms with Gasteiger partial charge in [-0.25, -0.2) is 4.79 Å². The Morgan fingerprint density at radius 3 is 2.58 bits per heavy atom. The van der Waals surface area contributed by atoms with E-state index in [1.54, 1.807) is 18.2 Å². The first-order valence-corrected chi connectivity index (χ1v) is 12.5. The molecule has 0 unspecified atom stereocenters. The Hall–Kier alpha value is -3.85. The molecule has 2 aliphatic heterocycles. The first kappa shape index (κ1) is 27.2. The number of benzene rings is 2. The lowest BCUT2D eigenvalue weighted by atomic mass is 9.95. The van der Waals surface area contributed by atoms with Gasteiger partial charge in [-0.1, -0.05) is 23.2 Å². The summed E-state index contributed by atoms with van der Waals surface area (Å²) in [6.07, 6.45) is 1.00. The lowest BCUT2D eigenvalue weighted by Gasteiger charge is -2.33. The monoisotopic (exact) mass is 559 g/mol. The normalized spacial score (nSPS) is 15.9. The number of amides is 3. The number of rotatable bonds is 7. The van der Waals surface area contributed by atoms with Crippen LogP contribution in [0.15, 0.2) is 35.4 Å². The summed E-state index contributed by atoms with van der Waals surface area (Å²) in [5, 5.41) is 22.9. The van der Waals surface area contributed by atoms with Crippen LogP contribution in [0.25, 0.3) is 0 Å². The third-order valence-corrected chi connectivity index (χ3v) is 6.68. The molecule has 1 saturated heterocycles. The molecule has 0 atom stereocenters. The van der Waals surface area contributed by atoms with Crippen molar-refractivity contribution in [1.29, 1.82) is 5.26 Å². The van der Waals surface area contributed by atoms with Crippen LogP contribution in [0, 0.1) is 17.2 Å². The van der Waals surface area contributed by atoms with E-state index in [9.17, 15) is 14.4 Å². The maximum absolute atomic E-state index is 13.1. The molecule has 0 radical (unpaired) electrons. The van der Waals surface area contributed by atoms with Gasteiger partial charge in [0.15, 0.2) is 5.75 Å². The van der Waals surface area contributed by atoms with Crippen LogP contribution < -0.4 is 15.5 Å². The van der Waals surface area contributed by atoms with Gasteiger partial charge >= 0.3 is 6.09 Å². The maximum Gasteiger partial charge on any atom is 0.411 e. The van der Waals surface area contributed by atoms with Crippen LogP contribution in [0.1, 0.15) is 28.8 Å². The third-order valence-electron chi connectivity index (χ3n) is 6.12. The Kier molecular flexibility index (Phi) is 8.68. The lowest BCUT2D eigenvalue weighted by Crippen LogP contribution is -2.41. The number of carbonyl (C=O) groups is 3. The molecule has 0 saturated carbocycles. The van der Waals surface area contributed by atoms with E-state index in [0.717, 1.165) is 38.2 Å². The molecular formula is C25H23Cl2N5O6. The molecule has 2 aromatic rings. The number of fused-ring (bicyclic) bond motifs is 1. The van der Waals surface area contributed by atoms with Crippen LogP contribution in [-0.4, -0.2) is 59.9 Å². The van der Waals surface area contributed by atoms with Crippen molar-refractivity contribution in [3.63, 3.8) is 0 Å². The van der Waals surface area contributed by atoms with Crippen molar-refractivity contribution in [2.75, 3.05) is 31.7 Å². The average Bonchev–Trinajstić information content (AvgIpc) is 2.88. The number of hydrogen-bond donors (Lipinski definition) is 3. The number of halogens is 2. The summed E-state index contributed by atoms with van der Waals surface area (Å²) in [5.41, 5.74) is 3.47. The highest BCUT2D eigenvalue weighted by Crippen LogP contribution is 2.39. The highest BCUT2D eigenvalue weighted by Gasteiger charge is 2.27. The van der Waals surface area contributed by atoms with E-state index < -0.39 is 17.7 Å². The molecule has 3 N–H and O–H groups in total. The number of ether oxygens (including phenoxy) is 2. The fourth-order valence-corrected chi connectivity index (χ4v) is 4.80. The molecule has 3 amide bonds. The number of hydrazone groups is 1. The Bertz CT molecular complexity index is 1310. The maximum atomic E-state index is 13.1. The lowest BCUT2D eigenvalue weighted by molar-refractivity contribution is -0.114. The third kappa shape index (κ3) is 6.52. The first-order chi connectivity index (χ1) is 18.2. The summed E-state index contributed by atoms with van der Waals surface area (Å²) in [4.78, 5) is 37.2. The van der Waals surface area contributed by atoms with Gasteiger partial charge in [-0.05, 0) is 61.1 Å². The quantitative estimate of drug-likeness (QED) is 0.335. The second-order valence-electron chi connectivity index (χ2n) is 8.69. The zero-order valence-corrected chi connectivity index (χ0v) is 21.5. The summed E-state index contributed by atoms with van der Waals surface area (Å²) in [7, 11) is 0. The van der Waals surface area contributed by atoms with Crippen molar-refractivity contribution in [2.45, 2.75) is 19.3 Å². The summed E-state index contributed by atoms with van der Waals surface area (Å²) >= 11 is 12.7. The minimum absolute atomic E-state index is 0.00473. The average molecular weight is 560 g/mol. The van der Waals surface area contributed by atoms with Crippen molar-refractivity contribution in [3.05, 3.63) is 51.5 Å². The largest absolute Gasteiger partial charge is 0.465 e. The molecule has 4 rings (SSSR count). The minimum Gasteiger partial charge on any atom is -0.465 e. The fourth-order valence-electron chi connectivity index (χ4n) is 4.23. The predicted octanol–water partition coefficient (Wildman–Crippen LogP) is 4.30. The van der Waals surface area contributed by atoms with Crippen LogP contribution in [0.5, 0.6) is 11.5 Å². The number of carboxylic acid groups (broad SMARTS) is 1. The Morgan fingerprint density at radius 2 is 1.92 bits per heavy atom. The van der Waals surface area contributed by atoms with Crippen molar-refractivity contribution < 1.29 is 29.0 Å². The van der Waals surface area contributed by atoms with E-state index >= 15 is 0 Å². The van der Waals surface area contributed by atoms with E-state index in [0.29, 0.717) is 30.2 Å². The number of nitriles is 1. The molecule has 2 heterocycles. The van der Waals surface area contributed by atoms with Crippen LogP contribution in [0.2, 0.25) is 10.0 Å². The standard InChI is InChI=1S/C25H23Cl2N5O6/c26-19-10-16(30-31-21(12-28)23(33)29-25(35)36)11-20(27)22(19)38-17-1-2-18-15(9-17)3-6-32(24(18)34)13-14-4-7-37-8-5-14/h1-2,9-11,14,30H,3-8,13H2,(H,29,33)(H,35,36)/b31-21+. The van der Waals surface area contributed by atoms with Crippen molar-refractivity contribution >= 4 is 52.5 Å². The molecule has 0 aromatic heterocycles. The van der Waals surface area contributed by atoms with E-state index in [-0.39, 0.29) is 27.4 Å². The van der Waals surface area contributed by atoms with Gasteiger partial charge in [0.1, 0.15) is 11.8 Å². The predicted molar refractivity (Wildman–Crippen MR) is 139 cm³/mol. The number of nitrogens with one attached hydrogen (secondary N) is 2. The molecule has 11 nitrogen and oxygen atoms in total. The molecule has 198 valence electrons. The molecule has 0 spiro atoms. The second kappa shape index (κ2) is 12.1. The number of imide groups is 1. The van der Waals surface area contributed by atoms with Crippen LogP contribution in [0.4, 0.5) is 10.5 Å². The highest BCUT2D eigenvalue weighted by molar-refractivity contribution is 6.46. The molecule has 13 heteroatoms. The molecular weight excluding hydrogens is 537 g/mol. The molecule has 38 heavy (non-hydrogen) atoms. The van der Waals surface area contributed by atoms with Gasteiger partial charge in [-0.2, -0.15) is 10.4 Å². The van der Waals surface area contributed by atoms with Gasteiger partial charge in [-0.15, -0.1) is 0 Å². The van der Waals surface area contributed by atoms with Gasteiger partial charge in [0.2, 0.25) is 5.71 Å². The number of anilines is 1. The van der Waals surface area contributed by atoms with E-state index in [1.807, 2.05) is 4.90 Å². The SMILES string of the molecule is N#C/C(=N\Nc1cc(Cl)c(Oc2ccc3c(c2)CCN(CC2CCOCC2)C3=O)c(Cl)c1)C(=O)NC(=O)O.